The third-order valence-electron chi connectivity index (χ3n) is 4.89. The lowest BCUT2D eigenvalue weighted by Gasteiger charge is -2.38. The Morgan fingerprint density at radius 3 is 2.56 bits per heavy atom. The van der Waals surface area contributed by atoms with Gasteiger partial charge in [0.2, 0.25) is 11.8 Å². The zero-order chi connectivity index (χ0) is 19.6. The second kappa shape index (κ2) is 7.61. The van der Waals surface area contributed by atoms with Crippen LogP contribution in [0.15, 0.2) is 36.5 Å². The van der Waals surface area contributed by atoms with Crippen molar-refractivity contribution >= 4 is 29.5 Å². The van der Waals surface area contributed by atoms with Crippen molar-refractivity contribution in [2.75, 3.05) is 5.32 Å². The van der Waals surface area contributed by atoms with Gasteiger partial charge in [0.05, 0.1) is 5.97 Å². The molecule has 2 N–H and O–H groups in total. The smallest absolute Gasteiger partial charge is 0.331 e. The van der Waals surface area contributed by atoms with Crippen LogP contribution < -0.4 is 15.7 Å². The van der Waals surface area contributed by atoms with Gasteiger partial charge in [0.1, 0.15) is 0 Å². The van der Waals surface area contributed by atoms with Crippen LogP contribution in [0.5, 0.6) is 0 Å². The third kappa shape index (κ3) is 3.84. The fourth-order valence-corrected chi connectivity index (χ4v) is 3.56. The topological polar surface area (TPSA) is 119 Å². The summed E-state index contributed by atoms with van der Waals surface area (Å²) >= 11 is 0. The molecule has 0 aromatic heterocycles. The van der Waals surface area contributed by atoms with Crippen molar-refractivity contribution in [1.29, 1.82) is 0 Å². The summed E-state index contributed by atoms with van der Waals surface area (Å²) in [7, 11) is 0. The van der Waals surface area contributed by atoms with Crippen molar-refractivity contribution in [3.8, 4) is 0 Å². The lowest BCUT2D eigenvalue weighted by molar-refractivity contribution is -0.255. The first-order valence-corrected chi connectivity index (χ1v) is 8.83. The van der Waals surface area contributed by atoms with Crippen molar-refractivity contribution in [3.05, 3.63) is 42.1 Å². The Hall–Kier alpha value is -3.16. The minimum Gasteiger partial charge on any atom is -0.545 e. The summed E-state index contributed by atoms with van der Waals surface area (Å²) in [5, 5.41) is 16.0. The van der Waals surface area contributed by atoms with Crippen molar-refractivity contribution in [2.24, 2.45) is 5.92 Å². The number of carbonyl (C=O) groups excluding carboxylic acids is 4. The molecule has 142 valence electrons. The van der Waals surface area contributed by atoms with Gasteiger partial charge in [0.15, 0.2) is 5.92 Å². The molecular weight excluding hydrogens is 350 g/mol. The number of carboxylic acid groups (broad SMARTS) is 1. The molecule has 0 unspecified atom stereocenters. The Morgan fingerprint density at radius 2 is 1.89 bits per heavy atom. The highest BCUT2D eigenvalue weighted by atomic mass is 16.4. The third-order valence-corrected chi connectivity index (χ3v) is 4.89. The highest BCUT2D eigenvalue weighted by Crippen LogP contribution is 2.28. The monoisotopic (exact) mass is 370 g/mol. The maximum absolute atomic E-state index is 12.9. The predicted octanol–water partition coefficient (Wildman–Crippen LogP) is 1.00. The zero-order valence-electron chi connectivity index (χ0n) is 14.7. The molecule has 3 rings (SSSR count). The van der Waals surface area contributed by atoms with Crippen LogP contribution in [-0.2, 0) is 9.59 Å². The lowest BCUT2D eigenvalue weighted by atomic mass is 9.91. The normalized spacial score (nSPS) is 21.0. The summed E-state index contributed by atoms with van der Waals surface area (Å²) in [5.41, 5.74) is 0.371. The van der Waals surface area contributed by atoms with E-state index < -0.39 is 29.7 Å². The molecular formula is C19H20N3O5-. The maximum Gasteiger partial charge on any atom is 0.331 e. The summed E-state index contributed by atoms with van der Waals surface area (Å²) in [6.07, 6.45) is 4.35. The fourth-order valence-electron chi connectivity index (χ4n) is 3.56. The first-order chi connectivity index (χ1) is 12.9. The van der Waals surface area contributed by atoms with E-state index in [9.17, 15) is 24.3 Å². The summed E-state index contributed by atoms with van der Waals surface area (Å²) < 4.78 is 0. The van der Waals surface area contributed by atoms with Gasteiger partial charge in [-0.1, -0.05) is 38.0 Å². The number of nitrogens with zero attached hydrogens (tertiary/aromatic N) is 1. The number of imide groups is 2. The Balaban J connectivity index is 1.79. The molecule has 1 saturated heterocycles. The Morgan fingerprint density at radius 1 is 1.19 bits per heavy atom. The number of benzene rings is 1. The number of barbiturate groups is 1. The van der Waals surface area contributed by atoms with E-state index in [-0.39, 0.29) is 17.3 Å². The van der Waals surface area contributed by atoms with E-state index in [1.54, 1.807) is 6.07 Å². The first-order valence-electron chi connectivity index (χ1n) is 8.83. The SMILES string of the molecule is C=C(Nc1cccc(C(=O)[O-])c1)[C@@H]1C(=O)NC(=O)N(C2CCCCC2)C1=O. The van der Waals surface area contributed by atoms with Crippen LogP contribution in [0.4, 0.5) is 10.5 Å². The van der Waals surface area contributed by atoms with Gasteiger partial charge in [-0.25, -0.2) is 4.79 Å². The average Bonchev–Trinajstić information content (AvgIpc) is 2.62. The Labute approximate surface area is 156 Å². The highest BCUT2D eigenvalue weighted by molar-refractivity contribution is 6.18. The fraction of sp³-hybridized carbons (Fsp3) is 0.368. The molecule has 1 saturated carbocycles. The molecule has 1 atom stereocenters. The van der Waals surface area contributed by atoms with Crippen molar-refractivity contribution in [1.82, 2.24) is 10.2 Å². The number of rotatable bonds is 5. The van der Waals surface area contributed by atoms with Crippen molar-refractivity contribution in [2.45, 2.75) is 38.1 Å². The average molecular weight is 370 g/mol. The molecule has 2 aliphatic rings. The van der Waals surface area contributed by atoms with Crippen LogP contribution in [0.25, 0.3) is 0 Å². The van der Waals surface area contributed by atoms with Crippen LogP contribution in [0.3, 0.4) is 0 Å². The molecule has 1 aliphatic carbocycles. The quantitative estimate of drug-likeness (QED) is 0.747. The van der Waals surface area contributed by atoms with Gasteiger partial charge in [-0.15, -0.1) is 0 Å². The molecule has 4 amide bonds. The van der Waals surface area contributed by atoms with E-state index in [4.69, 9.17) is 0 Å². The van der Waals surface area contributed by atoms with Gasteiger partial charge in [0, 0.05) is 17.4 Å². The lowest BCUT2D eigenvalue weighted by Crippen LogP contribution is -2.61. The molecule has 2 fully saturated rings. The molecule has 1 heterocycles. The standard InChI is InChI=1S/C19H21N3O5/c1-11(20-13-7-5-6-12(10-13)18(25)26)15-16(23)21-19(27)22(17(15)24)14-8-3-2-4-9-14/h5-7,10,14-15,20H,1-4,8-9H2,(H,25,26)(H,21,23,27)/p-1/t15-/m1/s1. The number of carboxylic acids is 1. The molecule has 27 heavy (non-hydrogen) atoms. The van der Waals surface area contributed by atoms with Crippen LogP contribution >= 0.6 is 0 Å². The molecule has 1 aromatic rings. The molecule has 8 heteroatoms. The van der Waals surface area contributed by atoms with Crippen molar-refractivity contribution in [3.63, 3.8) is 0 Å². The zero-order valence-corrected chi connectivity index (χ0v) is 14.7. The molecule has 0 radical (unpaired) electrons. The number of aromatic carboxylic acids is 1. The second-order valence-electron chi connectivity index (χ2n) is 6.75. The molecule has 1 aliphatic heterocycles. The summed E-state index contributed by atoms with van der Waals surface area (Å²) in [6, 6.07) is 4.84. The van der Waals surface area contributed by atoms with Crippen LogP contribution in [-0.4, -0.2) is 34.8 Å². The first kappa shape index (κ1) is 18.6. The van der Waals surface area contributed by atoms with E-state index in [1.807, 2.05) is 0 Å². The number of amides is 4. The maximum atomic E-state index is 12.9. The Bertz CT molecular complexity index is 813. The van der Waals surface area contributed by atoms with E-state index in [0.29, 0.717) is 18.5 Å². The van der Waals surface area contributed by atoms with Gasteiger partial charge < -0.3 is 15.2 Å². The van der Waals surface area contributed by atoms with Gasteiger partial charge in [-0.2, -0.15) is 0 Å². The molecule has 1 aromatic carbocycles. The van der Waals surface area contributed by atoms with Gasteiger partial charge in [-0.3, -0.25) is 19.8 Å². The second-order valence-corrected chi connectivity index (χ2v) is 6.75. The predicted molar refractivity (Wildman–Crippen MR) is 94.3 cm³/mol. The largest absolute Gasteiger partial charge is 0.545 e. The van der Waals surface area contributed by atoms with E-state index in [0.717, 1.165) is 24.2 Å². The number of hydrogen-bond acceptors (Lipinski definition) is 6. The number of carbonyl (C=O) groups is 4. The van der Waals surface area contributed by atoms with Gasteiger partial charge >= 0.3 is 6.03 Å². The number of hydrogen-bond donors (Lipinski definition) is 2. The summed E-state index contributed by atoms with van der Waals surface area (Å²) in [5.74, 6) is -3.96. The number of urea groups is 1. The van der Waals surface area contributed by atoms with Crippen LogP contribution in [0, 0.1) is 5.92 Å². The van der Waals surface area contributed by atoms with Crippen LogP contribution in [0.2, 0.25) is 0 Å². The molecule has 0 spiro atoms. The van der Waals surface area contributed by atoms with Gasteiger partial charge in [-0.05, 0) is 30.5 Å². The van der Waals surface area contributed by atoms with E-state index in [1.165, 1.54) is 18.2 Å². The number of nitrogens with one attached hydrogen (secondary N) is 2. The molecule has 0 bridgehead atoms. The summed E-state index contributed by atoms with van der Waals surface area (Å²) in [6.45, 7) is 3.76. The highest BCUT2D eigenvalue weighted by Gasteiger charge is 2.45. The minimum atomic E-state index is -1.34. The minimum absolute atomic E-state index is 0.0498. The van der Waals surface area contributed by atoms with E-state index in [2.05, 4.69) is 17.2 Å². The summed E-state index contributed by atoms with van der Waals surface area (Å²) in [4.78, 5) is 49.5. The van der Waals surface area contributed by atoms with E-state index >= 15 is 0 Å². The van der Waals surface area contributed by atoms with Crippen molar-refractivity contribution < 1.29 is 24.3 Å². The Kier molecular flexibility index (Phi) is 5.25. The molecule has 8 nitrogen and oxygen atoms in total. The van der Waals surface area contributed by atoms with Crippen LogP contribution in [0.1, 0.15) is 42.5 Å². The number of anilines is 1. The van der Waals surface area contributed by atoms with Gasteiger partial charge in [0.25, 0.3) is 0 Å².